The Bertz CT molecular complexity index is 788. The first kappa shape index (κ1) is 19.9. The van der Waals surface area contributed by atoms with Crippen molar-refractivity contribution in [2.24, 2.45) is 0 Å². The van der Waals surface area contributed by atoms with Crippen LogP contribution in [0.15, 0.2) is 24.3 Å². The van der Waals surface area contributed by atoms with Crippen molar-refractivity contribution in [3.8, 4) is 0 Å². The number of nitrogens with zero attached hydrogens (tertiary/aromatic N) is 1. The molecule has 1 unspecified atom stereocenters. The predicted octanol–water partition coefficient (Wildman–Crippen LogP) is 1.81. The molecule has 1 spiro atoms. The van der Waals surface area contributed by atoms with Gasteiger partial charge in [-0.05, 0) is 36.8 Å². The third-order valence-electron chi connectivity index (χ3n) is 6.46. The van der Waals surface area contributed by atoms with Gasteiger partial charge in [0.15, 0.2) is 0 Å². The highest BCUT2D eigenvalue weighted by atomic mass is 16.2. The molecule has 156 valence electrons. The third kappa shape index (κ3) is 4.01. The van der Waals surface area contributed by atoms with Crippen LogP contribution in [-0.4, -0.2) is 48.4 Å². The zero-order valence-corrected chi connectivity index (χ0v) is 16.8. The number of hydrogen-bond acceptors (Lipinski definition) is 4. The minimum absolute atomic E-state index is 0.238. The maximum atomic E-state index is 13.1. The summed E-state index contributed by atoms with van der Waals surface area (Å²) >= 11 is 0. The predicted molar refractivity (Wildman–Crippen MR) is 109 cm³/mol. The van der Waals surface area contributed by atoms with E-state index in [9.17, 15) is 14.4 Å². The number of carbonyl (C=O) groups excluding carboxylic acids is 3. The Kier molecular flexibility index (Phi) is 5.85. The van der Waals surface area contributed by atoms with Crippen LogP contribution < -0.4 is 16.0 Å². The summed E-state index contributed by atoms with van der Waals surface area (Å²) < 4.78 is 0. The average molecular weight is 399 g/mol. The van der Waals surface area contributed by atoms with Gasteiger partial charge in [0.1, 0.15) is 12.1 Å². The molecular formula is C22H30N4O3. The second-order valence-corrected chi connectivity index (χ2v) is 8.38. The van der Waals surface area contributed by atoms with E-state index in [-0.39, 0.29) is 18.4 Å². The van der Waals surface area contributed by atoms with Crippen molar-refractivity contribution in [1.29, 1.82) is 0 Å². The number of imide groups is 1. The fraction of sp³-hybridized carbons (Fsp3) is 0.591. The van der Waals surface area contributed by atoms with Gasteiger partial charge in [-0.1, -0.05) is 49.9 Å². The van der Waals surface area contributed by atoms with Gasteiger partial charge < -0.3 is 16.0 Å². The number of aryl methyl sites for hydroxylation is 1. The van der Waals surface area contributed by atoms with E-state index in [0.717, 1.165) is 22.4 Å². The fourth-order valence-electron chi connectivity index (χ4n) is 4.89. The number of benzene rings is 1. The summed E-state index contributed by atoms with van der Waals surface area (Å²) in [6, 6.07) is 7.74. The molecular weight excluding hydrogens is 368 g/mol. The van der Waals surface area contributed by atoms with Gasteiger partial charge in [-0.25, -0.2) is 4.79 Å². The Labute approximate surface area is 171 Å². The van der Waals surface area contributed by atoms with Crippen LogP contribution >= 0.6 is 0 Å². The van der Waals surface area contributed by atoms with Gasteiger partial charge in [0.2, 0.25) is 5.91 Å². The quantitative estimate of drug-likeness (QED) is 0.387. The number of amides is 4. The van der Waals surface area contributed by atoms with Crippen LogP contribution in [0.3, 0.4) is 0 Å². The molecule has 1 aromatic carbocycles. The highest BCUT2D eigenvalue weighted by Gasteiger charge is 2.55. The third-order valence-corrected chi connectivity index (χ3v) is 6.46. The molecule has 0 radical (unpaired) electrons. The first-order valence-corrected chi connectivity index (χ1v) is 10.8. The van der Waals surface area contributed by atoms with E-state index >= 15 is 0 Å². The van der Waals surface area contributed by atoms with Crippen LogP contribution in [0, 0.1) is 0 Å². The number of rotatable bonds is 6. The first-order chi connectivity index (χ1) is 14.1. The standard InChI is InChI=1S/C22H30N4O3/c27-19(24-14-13-23-17-8-3-1-2-4-9-17)15-26-20(28)22(25-21(26)29)12-11-16-7-5-6-10-18(16)22/h5-7,10,17,23H,1-4,8-9,11-15H2,(H,24,27)(H,25,29). The molecule has 0 aromatic heterocycles. The maximum Gasteiger partial charge on any atom is 0.325 e. The van der Waals surface area contributed by atoms with Gasteiger partial charge in [-0.3, -0.25) is 14.5 Å². The van der Waals surface area contributed by atoms with Crippen molar-refractivity contribution < 1.29 is 14.4 Å². The van der Waals surface area contributed by atoms with Crippen molar-refractivity contribution in [3.63, 3.8) is 0 Å². The molecule has 1 atom stereocenters. The number of nitrogens with one attached hydrogen (secondary N) is 3. The molecule has 0 bridgehead atoms. The van der Waals surface area contributed by atoms with Crippen molar-refractivity contribution in [2.45, 2.75) is 62.9 Å². The lowest BCUT2D eigenvalue weighted by Crippen LogP contribution is -2.45. The summed E-state index contributed by atoms with van der Waals surface area (Å²) in [6.07, 6.45) is 8.83. The number of carbonyl (C=O) groups is 3. The molecule has 3 aliphatic rings. The van der Waals surface area contributed by atoms with E-state index in [1.807, 2.05) is 24.3 Å². The Hall–Kier alpha value is -2.41. The second kappa shape index (κ2) is 8.53. The molecule has 1 saturated heterocycles. The highest BCUT2D eigenvalue weighted by Crippen LogP contribution is 2.41. The largest absolute Gasteiger partial charge is 0.353 e. The molecule has 1 heterocycles. The number of fused-ring (bicyclic) bond motifs is 2. The summed E-state index contributed by atoms with van der Waals surface area (Å²) in [6.45, 7) is 0.957. The van der Waals surface area contributed by atoms with E-state index in [1.54, 1.807) is 0 Å². The second-order valence-electron chi connectivity index (χ2n) is 8.38. The van der Waals surface area contributed by atoms with Crippen LogP contribution in [0.25, 0.3) is 0 Å². The lowest BCUT2D eigenvalue weighted by atomic mass is 9.92. The molecule has 2 fully saturated rings. The fourth-order valence-corrected chi connectivity index (χ4v) is 4.89. The van der Waals surface area contributed by atoms with Crippen LogP contribution in [0.1, 0.15) is 56.1 Å². The summed E-state index contributed by atoms with van der Waals surface area (Å²) in [5, 5.41) is 9.18. The van der Waals surface area contributed by atoms with Gasteiger partial charge in [0.05, 0.1) is 0 Å². The van der Waals surface area contributed by atoms with Crippen molar-refractivity contribution >= 4 is 17.8 Å². The SMILES string of the molecule is O=C(CN1C(=O)NC2(CCc3ccccc32)C1=O)NCCNC1CCCCCC1. The Morgan fingerprint density at radius 1 is 1.10 bits per heavy atom. The van der Waals surface area contributed by atoms with Gasteiger partial charge in [-0.15, -0.1) is 0 Å². The molecule has 4 amide bonds. The zero-order chi connectivity index (χ0) is 20.3. The normalized spacial score (nSPS) is 24.5. The lowest BCUT2D eigenvalue weighted by Gasteiger charge is -2.22. The van der Waals surface area contributed by atoms with Gasteiger partial charge >= 0.3 is 6.03 Å². The van der Waals surface area contributed by atoms with Crippen LogP contribution in [0.5, 0.6) is 0 Å². The van der Waals surface area contributed by atoms with Crippen molar-refractivity contribution in [2.75, 3.05) is 19.6 Å². The van der Waals surface area contributed by atoms with E-state index < -0.39 is 11.6 Å². The van der Waals surface area contributed by atoms with E-state index in [0.29, 0.717) is 25.6 Å². The van der Waals surface area contributed by atoms with Crippen LogP contribution in [-0.2, 0) is 21.5 Å². The van der Waals surface area contributed by atoms with Gasteiger partial charge in [0.25, 0.3) is 5.91 Å². The minimum atomic E-state index is -1.00. The molecule has 2 aliphatic carbocycles. The molecule has 1 aromatic rings. The Morgan fingerprint density at radius 3 is 2.66 bits per heavy atom. The minimum Gasteiger partial charge on any atom is -0.353 e. The first-order valence-electron chi connectivity index (χ1n) is 10.8. The van der Waals surface area contributed by atoms with Crippen molar-refractivity contribution in [3.05, 3.63) is 35.4 Å². The van der Waals surface area contributed by atoms with Crippen LogP contribution in [0.4, 0.5) is 4.79 Å². The van der Waals surface area contributed by atoms with E-state index in [2.05, 4.69) is 16.0 Å². The zero-order valence-electron chi connectivity index (χ0n) is 16.8. The van der Waals surface area contributed by atoms with Crippen molar-refractivity contribution in [1.82, 2.24) is 20.9 Å². The molecule has 29 heavy (non-hydrogen) atoms. The molecule has 4 rings (SSSR count). The van der Waals surface area contributed by atoms with E-state index in [4.69, 9.17) is 0 Å². The number of hydrogen-bond donors (Lipinski definition) is 3. The molecule has 3 N–H and O–H groups in total. The highest BCUT2D eigenvalue weighted by molar-refractivity contribution is 6.09. The lowest BCUT2D eigenvalue weighted by molar-refractivity contribution is -0.135. The molecule has 1 aliphatic heterocycles. The Morgan fingerprint density at radius 2 is 1.86 bits per heavy atom. The van der Waals surface area contributed by atoms with Gasteiger partial charge in [-0.2, -0.15) is 0 Å². The summed E-state index contributed by atoms with van der Waals surface area (Å²) in [4.78, 5) is 38.9. The summed E-state index contributed by atoms with van der Waals surface area (Å²) in [7, 11) is 0. The van der Waals surface area contributed by atoms with E-state index in [1.165, 1.54) is 38.5 Å². The number of urea groups is 1. The average Bonchev–Trinajstić information content (AvgIpc) is 3.05. The summed E-state index contributed by atoms with van der Waals surface area (Å²) in [5.41, 5.74) is 0.931. The molecule has 1 saturated carbocycles. The molecule has 7 nitrogen and oxygen atoms in total. The summed E-state index contributed by atoms with van der Waals surface area (Å²) in [5.74, 6) is -0.626. The van der Waals surface area contributed by atoms with Gasteiger partial charge in [0, 0.05) is 19.1 Å². The monoisotopic (exact) mass is 398 g/mol. The maximum absolute atomic E-state index is 13.1. The van der Waals surface area contributed by atoms with Crippen LogP contribution in [0.2, 0.25) is 0 Å². The topological polar surface area (TPSA) is 90.5 Å². The molecule has 7 heteroatoms. The Balaban J connectivity index is 1.28. The smallest absolute Gasteiger partial charge is 0.325 e.